The monoisotopic (exact) mass is 280 g/mol. The van der Waals surface area contributed by atoms with Gasteiger partial charge >= 0.3 is 0 Å². The fourth-order valence-corrected chi connectivity index (χ4v) is 2.89. The van der Waals surface area contributed by atoms with Crippen molar-refractivity contribution < 1.29 is 4.74 Å². The lowest BCUT2D eigenvalue weighted by Gasteiger charge is -2.25. The molecule has 0 bridgehead atoms. The van der Waals surface area contributed by atoms with Gasteiger partial charge in [0, 0.05) is 31.6 Å². The minimum absolute atomic E-state index is 0.371. The Bertz CT molecular complexity index is 747. The number of fused-ring (bicyclic) bond motifs is 1. The second-order valence-corrected chi connectivity index (χ2v) is 5.21. The molecule has 0 unspecified atom stereocenters. The highest BCUT2D eigenvalue weighted by Gasteiger charge is 2.23. The third-order valence-electron chi connectivity index (χ3n) is 3.90. The number of nitrogens with zero attached hydrogens (tertiary/aromatic N) is 4. The van der Waals surface area contributed by atoms with E-state index in [0.29, 0.717) is 6.04 Å². The quantitative estimate of drug-likeness (QED) is 0.724. The van der Waals surface area contributed by atoms with Gasteiger partial charge in [0.15, 0.2) is 11.5 Å². The van der Waals surface area contributed by atoms with Gasteiger partial charge in [0.1, 0.15) is 11.2 Å². The van der Waals surface area contributed by atoms with Crippen LogP contribution in [0.4, 0.5) is 0 Å². The molecule has 5 heteroatoms. The zero-order valence-corrected chi connectivity index (χ0v) is 11.6. The number of imidazole rings is 1. The maximum atomic E-state index is 5.49. The van der Waals surface area contributed by atoms with E-state index in [-0.39, 0.29) is 0 Å². The van der Waals surface area contributed by atoms with Crippen LogP contribution in [0.2, 0.25) is 0 Å². The van der Waals surface area contributed by atoms with E-state index in [1.165, 1.54) is 0 Å². The van der Waals surface area contributed by atoms with E-state index < -0.39 is 0 Å². The SMILES string of the molecule is c1ccc(-c2nc3cccnc3n2C2CCOCC2)nc1. The van der Waals surface area contributed by atoms with Crippen molar-refractivity contribution in [3.8, 4) is 11.5 Å². The van der Waals surface area contributed by atoms with Crippen LogP contribution < -0.4 is 0 Å². The number of rotatable bonds is 2. The molecule has 0 spiro atoms. The van der Waals surface area contributed by atoms with Crippen molar-refractivity contribution in [1.82, 2.24) is 19.5 Å². The Morgan fingerprint density at radius 1 is 1.00 bits per heavy atom. The predicted octanol–water partition coefficient (Wildman–Crippen LogP) is 2.84. The molecule has 1 aliphatic rings. The van der Waals surface area contributed by atoms with Crippen molar-refractivity contribution in [1.29, 1.82) is 0 Å². The average molecular weight is 280 g/mol. The molecule has 0 saturated carbocycles. The van der Waals surface area contributed by atoms with Crippen LogP contribution in [0.3, 0.4) is 0 Å². The molecule has 1 aliphatic heterocycles. The molecule has 0 atom stereocenters. The standard InChI is InChI=1S/C16H16N4O/c1-2-8-17-13(4-1)16-19-14-5-3-9-18-15(14)20(16)12-6-10-21-11-7-12/h1-5,8-9,12H,6-7,10-11H2. The maximum absolute atomic E-state index is 5.49. The smallest absolute Gasteiger partial charge is 0.161 e. The predicted molar refractivity (Wildman–Crippen MR) is 79.8 cm³/mol. The molecule has 3 aromatic rings. The lowest BCUT2D eigenvalue weighted by atomic mass is 10.1. The van der Waals surface area contributed by atoms with E-state index >= 15 is 0 Å². The Kier molecular flexibility index (Phi) is 3.12. The summed E-state index contributed by atoms with van der Waals surface area (Å²) in [5.74, 6) is 0.899. The van der Waals surface area contributed by atoms with Crippen LogP contribution in [0, 0.1) is 0 Å². The Morgan fingerprint density at radius 3 is 2.67 bits per heavy atom. The molecule has 5 nitrogen and oxygen atoms in total. The molecular formula is C16H16N4O. The molecule has 0 amide bonds. The summed E-state index contributed by atoms with van der Waals surface area (Å²) >= 11 is 0. The van der Waals surface area contributed by atoms with Gasteiger partial charge in [0.25, 0.3) is 0 Å². The maximum Gasteiger partial charge on any atom is 0.161 e. The largest absolute Gasteiger partial charge is 0.381 e. The Morgan fingerprint density at radius 2 is 1.86 bits per heavy atom. The molecular weight excluding hydrogens is 264 g/mol. The van der Waals surface area contributed by atoms with Crippen LogP contribution in [-0.4, -0.2) is 32.7 Å². The number of pyridine rings is 2. The fraction of sp³-hybridized carbons (Fsp3) is 0.312. The van der Waals surface area contributed by atoms with E-state index in [2.05, 4.69) is 14.5 Å². The molecule has 1 saturated heterocycles. The van der Waals surface area contributed by atoms with Gasteiger partial charge in [-0.05, 0) is 37.1 Å². The van der Waals surface area contributed by atoms with Crippen molar-refractivity contribution in [3.63, 3.8) is 0 Å². The summed E-state index contributed by atoms with van der Waals surface area (Å²) < 4.78 is 7.72. The first-order chi connectivity index (χ1) is 10.4. The summed E-state index contributed by atoms with van der Waals surface area (Å²) in [6.07, 6.45) is 5.60. The zero-order valence-electron chi connectivity index (χ0n) is 11.6. The van der Waals surface area contributed by atoms with Crippen molar-refractivity contribution in [2.45, 2.75) is 18.9 Å². The number of hydrogen-bond donors (Lipinski definition) is 0. The van der Waals surface area contributed by atoms with Crippen molar-refractivity contribution in [3.05, 3.63) is 42.7 Å². The Labute approximate surface area is 122 Å². The normalized spacial score (nSPS) is 16.4. The summed E-state index contributed by atoms with van der Waals surface area (Å²) in [6, 6.07) is 10.2. The van der Waals surface area contributed by atoms with Gasteiger partial charge in [-0.15, -0.1) is 0 Å². The van der Waals surface area contributed by atoms with E-state index in [4.69, 9.17) is 9.72 Å². The van der Waals surface area contributed by atoms with Crippen LogP contribution >= 0.6 is 0 Å². The Hall–Kier alpha value is -2.27. The van der Waals surface area contributed by atoms with Gasteiger partial charge in [-0.25, -0.2) is 9.97 Å². The Balaban J connectivity index is 1.92. The molecule has 0 N–H and O–H groups in total. The minimum Gasteiger partial charge on any atom is -0.381 e. The molecule has 106 valence electrons. The second kappa shape index (κ2) is 5.26. The molecule has 1 fully saturated rings. The molecule has 3 aromatic heterocycles. The van der Waals surface area contributed by atoms with Crippen LogP contribution in [0.1, 0.15) is 18.9 Å². The van der Waals surface area contributed by atoms with E-state index in [0.717, 1.165) is 48.7 Å². The van der Waals surface area contributed by atoms with Gasteiger partial charge in [-0.3, -0.25) is 4.98 Å². The lowest BCUT2D eigenvalue weighted by molar-refractivity contribution is 0.0708. The highest BCUT2D eigenvalue weighted by Crippen LogP contribution is 2.30. The van der Waals surface area contributed by atoms with Crippen LogP contribution in [0.25, 0.3) is 22.7 Å². The van der Waals surface area contributed by atoms with Crippen LogP contribution in [0.15, 0.2) is 42.7 Å². The average Bonchev–Trinajstić information content (AvgIpc) is 2.96. The minimum atomic E-state index is 0.371. The van der Waals surface area contributed by atoms with Gasteiger partial charge in [0.05, 0.1) is 0 Å². The fourth-order valence-electron chi connectivity index (χ4n) is 2.89. The molecule has 4 heterocycles. The van der Waals surface area contributed by atoms with Crippen LogP contribution in [0.5, 0.6) is 0 Å². The summed E-state index contributed by atoms with van der Waals surface area (Å²) in [7, 11) is 0. The number of aromatic nitrogens is 4. The topological polar surface area (TPSA) is 52.8 Å². The first kappa shape index (κ1) is 12.5. The van der Waals surface area contributed by atoms with Crippen molar-refractivity contribution in [2.75, 3.05) is 13.2 Å². The van der Waals surface area contributed by atoms with Gasteiger partial charge < -0.3 is 9.30 Å². The molecule has 0 aliphatic carbocycles. The number of ether oxygens (including phenoxy) is 1. The zero-order chi connectivity index (χ0) is 14.1. The molecule has 4 rings (SSSR count). The van der Waals surface area contributed by atoms with Gasteiger partial charge in [-0.1, -0.05) is 6.07 Å². The molecule has 21 heavy (non-hydrogen) atoms. The second-order valence-electron chi connectivity index (χ2n) is 5.21. The van der Waals surface area contributed by atoms with E-state index in [9.17, 15) is 0 Å². The van der Waals surface area contributed by atoms with E-state index in [1.807, 2.05) is 36.5 Å². The first-order valence-corrected chi connectivity index (χ1v) is 7.25. The molecule has 0 radical (unpaired) electrons. The lowest BCUT2D eigenvalue weighted by Crippen LogP contribution is -2.20. The van der Waals surface area contributed by atoms with Crippen LogP contribution in [-0.2, 0) is 4.74 Å². The van der Waals surface area contributed by atoms with Crippen molar-refractivity contribution in [2.24, 2.45) is 0 Å². The summed E-state index contributed by atoms with van der Waals surface area (Å²) in [5.41, 5.74) is 2.75. The highest BCUT2D eigenvalue weighted by molar-refractivity contribution is 5.76. The van der Waals surface area contributed by atoms with Crippen molar-refractivity contribution >= 4 is 11.2 Å². The number of hydrogen-bond acceptors (Lipinski definition) is 4. The summed E-state index contributed by atoms with van der Waals surface area (Å²) in [6.45, 7) is 1.58. The summed E-state index contributed by atoms with van der Waals surface area (Å²) in [4.78, 5) is 13.7. The first-order valence-electron chi connectivity index (χ1n) is 7.25. The third kappa shape index (κ3) is 2.19. The summed E-state index contributed by atoms with van der Waals surface area (Å²) in [5, 5.41) is 0. The van der Waals surface area contributed by atoms with E-state index in [1.54, 1.807) is 6.20 Å². The molecule has 0 aromatic carbocycles. The highest BCUT2D eigenvalue weighted by atomic mass is 16.5. The third-order valence-corrected chi connectivity index (χ3v) is 3.90. The van der Waals surface area contributed by atoms with Gasteiger partial charge in [-0.2, -0.15) is 0 Å². The van der Waals surface area contributed by atoms with Gasteiger partial charge in [0.2, 0.25) is 0 Å².